The summed E-state index contributed by atoms with van der Waals surface area (Å²) in [7, 11) is 2.13. The number of amides is 1. The van der Waals surface area contributed by atoms with Crippen molar-refractivity contribution in [3.63, 3.8) is 0 Å². The summed E-state index contributed by atoms with van der Waals surface area (Å²) in [5.74, 6) is 0.729. The topological polar surface area (TPSA) is 102 Å². The van der Waals surface area contributed by atoms with E-state index < -0.39 is 0 Å². The number of hydrogen-bond donors (Lipinski definition) is 0. The van der Waals surface area contributed by atoms with Crippen LogP contribution in [0, 0.1) is 18.3 Å². The van der Waals surface area contributed by atoms with Crippen molar-refractivity contribution in [2.24, 2.45) is 0 Å². The van der Waals surface area contributed by atoms with Crippen molar-refractivity contribution < 1.29 is 9.53 Å². The molecule has 0 aliphatic carbocycles. The predicted octanol–water partition coefficient (Wildman–Crippen LogP) is 2.33. The van der Waals surface area contributed by atoms with Gasteiger partial charge < -0.3 is 24.3 Å². The van der Waals surface area contributed by atoms with Crippen molar-refractivity contribution in [3.8, 4) is 12.1 Å². The minimum atomic E-state index is -0.221. The summed E-state index contributed by atoms with van der Waals surface area (Å²) in [5.41, 5.74) is 4.38. The van der Waals surface area contributed by atoms with E-state index in [1.54, 1.807) is 4.90 Å². The molecule has 2 atom stereocenters. The molecular formula is C28H36N8O2. The second-order valence-corrected chi connectivity index (χ2v) is 10.4. The Bertz CT molecular complexity index is 1230. The standard InChI is InChI=1S/C28H36N8O2/c1-4-26(37)36-15-14-35(17-21(36)7-10-29)27-23-9-13-34(25-8-11-30-16-20(25)2)18-24(23)31-28(32-27)38-19-22-6-5-12-33(22)3/h4,8,11,16,21-22H,1,5-7,9,12-15,17-19H2,2-3H3/t21-,22-/m0/s1. The molecule has 0 spiro atoms. The van der Waals surface area contributed by atoms with Gasteiger partial charge in [0.05, 0.1) is 30.8 Å². The Labute approximate surface area is 224 Å². The van der Waals surface area contributed by atoms with Crippen LogP contribution in [0.25, 0.3) is 0 Å². The molecule has 0 saturated carbocycles. The van der Waals surface area contributed by atoms with Crippen LogP contribution in [0.2, 0.25) is 0 Å². The van der Waals surface area contributed by atoms with Crippen molar-refractivity contribution in [1.29, 1.82) is 5.26 Å². The van der Waals surface area contributed by atoms with E-state index >= 15 is 0 Å². The second-order valence-electron chi connectivity index (χ2n) is 10.4. The molecule has 38 heavy (non-hydrogen) atoms. The second kappa shape index (κ2) is 11.4. The largest absolute Gasteiger partial charge is 0.462 e. The van der Waals surface area contributed by atoms with Crippen molar-refractivity contribution in [2.45, 2.75) is 51.2 Å². The number of likely N-dealkylation sites (N-methyl/N-ethyl adjacent to an activating group) is 1. The molecule has 200 valence electrons. The number of carbonyl (C=O) groups excluding carboxylic acids is 1. The van der Waals surface area contributed by atoms with Crippen molar-refractivity contribution in [2.75, 3.05) is 56.2 Å². The highest BCUT2D eigenvalue weighted by atomic mass is 16.5. The van der Waals surface area contributed by atoms with Gasteiger partial charge >= 0.3 is 6.01 Å². The highest BCUT2D eigenvalue weighted by Gasteiger charge is 2.33. The number of nitriles is 1. The van der Waals surface area contributed by atoms with Crippen LogP contribution in [0.15, 0.2) is 31.1 Å². The number of carbonyl (C=O) groups is 1. The van der Waals surface area contributed by atoms with Crippen LogP contribution in [-0.2, 0) is 17.8 Å². The van der Waals surface area contributed by atoms with Gasteiger partial charge in [0.15, 0.2) is 0 Å². The fourth-order valence-corrected chi connectivity index (χ4v) is 5.84. The summed E-state index contributed by atoms with van der Waals surface area (Å²) in [6, 6.07) is 4.84. The molecule has 0 radical (unpaired) electrons. The molecular weight excluding hydrogens is 480 g/mol. The number of nitrogens with zero attached hydrogens (tertiary/aromatic N) is 8. The molecule has 0 N–H and O–H groups in total. The van der Waals surface area contributed by atoms with E-state index in [0.29, 0.717) is 44.8 Å². The first kappa shape index (κ1) is 25.9. The number of rotatable bonds is 7. The number of aryl methyl sites for hydroxylation is 1. The van der Waals surface area contributed by atoms with Gasteiger partial charge in [0, 0.05) is 55.9 Å². The minimum absolute atomic E-state index is 0.136. The van der Waals surface area contributed by atoms with Gasteiger partial charge in [-0.05, 0) is 57.5 Å². The Kier molecular flexibility index (Phi) is 7.74. The maximum atomic E-state index is 12.4. The first-order chi connectivity index (χ1) is 18.5. The summed E-state index contributed by atoms with van der Waals surface area (Å²) in [6.07, 6.45) is 8.39. The lowest BCUT2D eigenvalue weighted by Gasteiger charge is -2.42. The van der Waals surface area contributed by atoms with Crippen molar-refractivity contribution in [1.82, 2.24) is 24.8 Å². The number of likely N-dealkylation sites (tertiary alicyclic amines) is 1. The maximum absolute atomic E-state index is 12.4. The normalized spacial score (nSPS) is 21.7. The molecule has 5 rings (SSSR count). The maximum Gasteiger partial charge on any atom is 0.318 e. The summed E-state index contributed by atoms with van der Waals surface area (Å²) < 4.78 is 6.22. The van der Waals surface area contributed by atoms with E-state index in [9.17, 15) is 10.1 Å². The number of pyridine rings is 1. The SMILES string of the molecule is C=CC(=O)N1CCN(c2nc(OC[C@@H]3CCCN3C)nc3c2CCN(c2ccncc2C)C3)C[C@@H]1CC#N. The molecule has 2 saturated heterocycles. The number of piperazine rings is 1. The third-order valence-electron chi connectivity index (χ3n) is 8.00. The van der Waals surface area contributed by atoms with Gasteiger partial charge in [-0.3, -0.25) is 9.78 Å². The van der Waals surface area contributed by atoms with Crippen LogP contribution in [0.4, 0.5) is 11.5 Å². The average molecular weight is 517 g/mol. The molecule has 10 heteroatoms. The Morgan fingerprint density at radius 1 is 1.24 bits per heavy atom. The molecule has 2 fully saturated rings. The van der Waals surface area contributed by atoms with Gasteiger partial charge in [0.1, 0.15) is 12.4 Å². The minimum Gasteiger partial charge on any atom is -0.462 e. The van der Waals surface area contributed by atoms with Gasteiger partial charge in [0.25, 0.3) is 0 Å². The highest BCUT2D eigenvalue weighted by molar-refractivity contribution is 5.87. The lowest BCUT2D eigenvalue weighted by Crippen LogP contribution is -2.55. The summed E-state index contributed by atoms with van der Waals surface area (Å²) in [5, 5.41) is 9.45. The van der Waals surface area contributed by atoms with Gasteiger partial charge in [-0.15, -0.1) is 0 Å². The molecule has 2 aromatic rings. The van der Waals surface area contributed by atoms with E-state index in [-0.39, 0.29) is 18.4 Å². The number of fused-ring (bicyclic) bond motifs is 1. The van der Waals surface area contributed by atoms with Crippen LogP contribution < -0.4 is 14.5 Å². The Hall–Kier alpha value is -3.71. The molecule has 0 aromatic carbocycles. The highest BCUT2D eigenvalue weighted by Crippen LogP contribution is 2.33. The quantitative estimate of drug-likeness (QED) is 0.513. The van der Waals surface area contributed by atoms with Crippen LogP contribution in [0.3, 0.4) is 0 Å². The molecule has 1 amide bonds. The molecule has 5 heterocycles. The number of hydrogen-bond acceptors (Lipinski definition) is 9. The van der Waals surface area contributed by atoms with Crippen LogP contribution in [-0.4, -0.2) is 89.1 Å². The fourth-order valence-electron chi connectivity index (χ4n) is 5.84. The Balaban J connectivity index is 1.45. The monoisotopic (exact) mass is 516 g/mol. The van der Waals surface area contributed by atoms with E-state index in [4.69, 9.17) is 14.7 Å². The van der Waals surface area contributed by atoms with Crippen LogP contribution in [0.1, 0.15) is 36.1 Å². The average Bonchev–Trinajstić information content (AvgIpc) is 3.35. The van der Waals surface area contributed by atoms with Crippen molar-refractivity contribution >= 4 is 17.4 Å². The Morgan fingerprint density at radius 2 is 2.11 bits per heavy atom. The molecule has 2 aromatic heterocycles. The van der Waals surface area contributed by atoms with E-state index in [2.05, 4.69) is 52.4 Å². The molecule has 0 bridgehead atoms. The zero-order valence-electron chi connectivity index (χ0n) is 22.3. The first-order valence-electron chi connectivity index (χ1n) is 13.4. The molecule has 3 aliphatic rings. The van der Waals surface area contributed by atoms with E-state index in [1.807, 2.05) is 12.4 Å². The third-order valence-corrected chi connectivity index (χ3v) is 8.00. The van der Waals surface area contributed by atoms with Gasteiger partial charge in [-0.1, -0.05) is 6.58 Å². The van der Waals surface area contributed by atoms with E-state index in [1.165, 1.54) is 12.5 Å². The van der Waals surface area contributed by atoms with E-state index in [0.717, 1.165) is 54.3 Å². The molecule has 0 unspecified atom stereocenters. The van der Waals surface area contributed by atoms with Gasteiger partial charge in [-0.25, -0.2) is 0 Å². The van der Waals surface area contributed by atoms with Gasteiger partial charge in [-0.2, -0.15) is 15.2 Å². The fraction of sp³-hybridized carbons (Fsp3) is 0.536. The summed E-state index contributed by atoms with van der Waals surface area (Å²) in [6.45, 7) is 10.5. The smallest absolute Gasteiger partial charge is 0.318 e. The molecule has 3 aliphatic heterocycles. The lowest BCUT2D eigenvalue weighted by molar-refractivity contribution is -0.128. The first-order valence-corrected chi connectivity index (χ1v) is 13.4. The number of ether oxygens (including phenoxy) is 1. The Morgan fingerprint density at radius 3 is 2.84 bits per heavy atom. The van der Waals surface area contributed by atoms with Crippen molar-refractivity contribution in [3.05, 3.63) is 47.9 Å². The molecule has 10 nitrogen and oxygen atoms in total. The summed E-state index contributed by atoms with van der Waals surface area (Å²) in [4.78, 5) is 35.2. The van der Waals surface area contributed by atoms with Gasteiger partial charge in [0.2, 0.25) is 5.91 Å². The van der Waals surface area contributed by atoms with Crippen LogP contribution in [0.5, 0.6) is 6.01 Å². The lowest BCUT2D eigenvalue weighted by atomic mass is 10.0. The van der Waals surface area contributed by atoms with Crippen LogP contribution >= 0.6 is 0 Å². The predicted molar refractivity (Wildman–Crippen MR) is 145 cm³/mol. The zero-order chi connectivity index (χ0) is 26.6. The zero-order valence-corrected chi connectivity index (χ0v) is 22.3. The third kappa shape index (κ3) is 5.29. The summed E-state index contributed by atoms with van der Waals surface area (Å²) >= 11 is 0. The number of anilines is 2. The number of aromatic nitrogens is 3.